The summed E-state index contributed by atoms with van der Waals surface area (Å²) in [6.45, 7) is 1.96. The van der Waals surface area contributed by atoms with E-state index in [1.165, 1.54) is 24.0 Å². The van der Waals surface area contributed by atoms with Crippen molar-refractivity contribution >= 4 is 35.5 Å². The summed E-state index contributed by atoms with van der Waals surface area (Å²) in [6, 6.07) is 12.4. The molecule has 0 saturated heterocycles. The van der Waals surface area contributed by atoms with E-state index in [2.05, 4.69) is 31.0 Å². The molecule has 3 rings (SSSR count). The molecule has 9 nitrogen and oxygen atoms in total. The number of phenols is 1. The van der Waals surface area contributed by atoms with Gasteiger partial charge in [-0.3, -0.25) is 4.79 Å². The number of aromatic nitrogens is 3. The number of anilines is 2. The fourth-order valence-electron chi connectivity index (χ4n) is 2.34. The third-order valence-electron chi connectivity index (χ3n) is 3.71. The molecular weight excluding hydrogens is 392 g/mol. The van der Waals surface area contributed by atoms with Gasteiger partial charge in [-0.05, 0) is 42.8 Å². The van der Waals surface area contributed by atoms with Gasteiger partial charge in [0, 0.05) is 11.3 Å². The molecule has 150 valence electrons. The molecular formula is C19H20N6O3S. The molecule has 0 atom stereocenters. The van der Waals surface area contributed by atoms with Crippen molar-refractivity contribution in [1.82, 2.24) is 15.2 Å². The highest BCUT2D eigenvalue weighted by Crippen LogP contribution is 2.21. The topological polar surface area (TPSA) is 125 Å². The number of amides is 1. The summed E-state index contributed by atoms with van der Waals surface area (Å²) in [6.07, 6.45) is 1.43. The zero-order valence-corrected chi connectivity index (χ0v) is 16.7. The van der Waals surface area contributed by atoms with Crippen LogP contribution in [0.4, 0.5) is 11.6 Å². The van der Waals surface area contributed by atoms with Crippen LogP contribution in [0.2, 0.25) is 0 Å². The third-order valence-corrected chi connectivity index (χ3v) is 4.56. The maximum absolute atomic E-state index is 12.0. The normalized spacial score (nSPS) is 10.8. The number of benzene rings is 2. The Morgan fingerprint density at radius 3 is 3.00 bits per heavy atom. The first-order chi connectivity index (χ1) is 14.0. The number of aromatic hydroxyl groups is 1. The van der Waals surface area contributed by atoms with Crippen LogP contribution in [-0.2, 0) is 4.79 Å². The first kappa shape index (κ1) is 20.2. The van der Waals surface area contributed by atoms with Gasteiger partial charge in [-0.2, -0.15) is 10.1 Å². The van der Waals surface area contributed by atoms with Crippen molar-refractivity contribution in [2.24, 2.45) is 5.10 Å². The van der Waals surface area contributed by atoms with Crippen LogP contribution in [-0.4, -0.2) is 45.3 Å². The number of phenolic OH excluding ortho intramolecular Hbond substituents is 1. The minimum Gasteiger partial charge on any atom is -0.507 e. The van der Waals surface area contributed by atoms with Crippen LogP contribution in [0.3, 0.4) is 0 Å². The van der Waals surface area contributed by atoms with Gasteiger partial charge in [0.1, 0.15) is 11.5 Å². The van der Waals surface area contributed by atoms with Crippen LogP contribution in [0.1, 0.15) is 11.1 Å². The maximum atomic E-state index is 12.0. The summed E-state index contributed by atoms with van der Waals surface area (Å²) in [5.74, 6) is 1.01. The van der Waals surface area contributed by atoms with Gasteiger partial charge in [-0.1, -0.05) is 23.9 Å². The Labute approximate surface area is 171 Å². The summed E-state index contributed by atoms with van der Waals surface area (Å²) in [7, 11) is 1.54. The van der Waals surface area contributed by atoms with E-state index < -0.39 is 0 Å². The van der Waals surface area contributed by atoms with Crippen molar-refractivity contribution in [2.75, 3.05) is 23.6 Å². The van der Waals surface area contributed by atoms with E-state index in [1.807, 2.05) is 31.2 Å². The number of methoxy groups -OCH3 is 1. The van der Waals surface area contributed by atoms with E-state index in [0.29, 0.717) is 22.4 Å². The minimum absolute atomic E-state index is 0.0739. The number of carbonyl (C=O) groups excluding carboxylic acids is 1. The molecule has 0 fully saturated rings. The highest BCUT2D eigenvalue weighted by molar-refractivity contribution is 7.99. The van der Waals surface area contributed by atoms with E-state index >= 15 is 0 Å². The number of ether oxygens (including phenoxy) is 1. The van der Waals surface area contributed by atoms with E-state index in [0.717, 1.165) is 11.3 Å². The summed E-state index contributed by atoms with van der Waals surface area (Å²) < 4.78 is 5.11. The first-order valence-electron chi connectivity index (χ1n) is 8.61. The third kappa shape index (κ3) is 5.98. The Balaban J connectivity index is 1.50. The monoisotopic (exact) mass is 412 g/mol. The number of carbonyl (C=O) groups is 1. The maximum Gasteiger partial charge on any atom is 0.240 e. The number of hydrogen-bond acceptors (Lipinski definition) is 8. The Kier molecular flexibility index (Phi) is 6.69. The van der Waals surface area contributed by atoms with Gasteiger partial charge in [0.2, 0.25) is 17.0 Å². The van der Waals surface area contributed by atoms with Crippen LogP contribution < -0.4 is 15.5 Å². The van der Waals surface area contributed by atoms with Gasteiger partial charge in [0.15, 0.2) is 0 Å². The predicted octanol–water partition coefficient (Wildman–Crippen LogP) is 3.00. The lowest BCUT2D eigenvalue weighted by atomic mass is 10.2. The molecule has 0 saturated carbocycles. The average molecular weight is 412 g/mol. The summed E-state index contributed by atoms with van der Waals surface area (Å²) in [5.41, 5.74) is 5.00. The highest BCUT2D eigenvalue weighted by Gasteiger charge is 2.08. The molecule has 29 heavy (non-hydrogen) atoms. The van der Waals surface area contributed by atoms with Gasteiger partial charge in [-0.15, -0.1) is 5.10 Å². The fraction of sp³-hybridized carbons (Fsp3) is 0.158. The summed E-state index contributed by atoms with van der Waals surface area (Å²) in [5, 5.41) is 23.8. The van der Waals surface area contributed by atoms with E-state index in [1.54, 1.807) is 19.2 Å². The van der Waals surface area contributed by atoms with E-state index in [4.69, 9.17) is 4.74 Å². The lowest BCUT2D eigenvalue weighted by Crippen LogP contribution is -2.14. The van der Waals surface area contributed by atoms with E-state index in [9.17, 15) is 9.90 Å². The molecule has 0 unspecified atom stereocenters. The van der Waals surface area contributed by atoms with Crippen molar-refractivity contribution in [2.45, 2.75) is 12.1 Å². The molecule has 0 aliphatic rings. The van der Waals surface area contributed by atoms with Crippen LogP contribution in [0.5, 0.6) is 11.5 Å². The zero-order valence-electron chi connectivity index (χ0n) is 15.8. The zero-order chi connectivity index (χ0) is 20.6. The SMILES string of the molecule is COc1ccc(O)c(/C=N/Nc2nc(SCC(=O)Nc3cccc(C)c3)n[nH]2)c1. The van der Waals surface area contributed by atoms with Gasteiger partial charge in [0.05, 0.1) is 19.1 Å². The highest BCUT2D eigenvalue weighted by atomic mass is 32.2. The van der Waals surface area contributed by atoms with Crippen molar-refractivity contribution in [3.05, 3.63) is 53.6 Å². The fourth-order valence-corrected chi connectivity index (χ4v) is 2.94. The Hall–Kier alpha value is -3.53. The number of nitrogens with zero attached hydrogens (tertiary/aromatic N) is 3. The van der Waals surface area contributed by atoms with Crippen LogP contribution in [0.15, 0.2) is 52.7 Å². The molecule has 2 aromatic carbocycles. The number of thioether (sulfide) groups is 1. The smallest absolute Gasteiger partial charge is 0.240 e. The van der Waals surface area contributed by atoms with Crippen LogP contribution in [0.25, 0.3) is 0 Å². The molecule has 1 aromatic heterocycles. The lowest BCUT2D eigenvalue weighted by molar-refractivity contribution is -0.113. The number of aromatic amines is 1. The van der Waals surface area contributed by atoms with E-state index in [-0.39, 0.29) is 17.4 Å². The number of nitrogens with one attached hydrogen (secondary N) is 3. The minimum atomic E-state index is -0.147. The number of H-pyrrole nitrogens is 1. The first-order valence-corrected chi connectivity index (χ1v) is 9.60. The standard InChI is InChI=1S/C19H20N6O3S/c1-12-4-3-5-14(8-12)21-17(27)11-29-19-22-18(24-25-19)23-20-10-13-9-15(28-2)6-7-16(13)26/h3-10,26H,11H2,1-2H3,(H,21,27)(H2,22,23,24,25)/b20-10+. The number of hydrogen-bond donors (Lipinski definition) is 4. The molecule has 0 aliphatic carbocycles. The van der Waals surface area contributed by atoms with Gasteiger partial charge in [0.25, 0.3) is 0 Å². The average Bonchev–Trinajstić information content (AvgIpc) is 3.16. The van der Waals surface area contributed by atoms with Crippen molar-refractivity contribution in [1.29, 1.82) is 0 Å². The van der Waals surface area contributed by atoms with Crippen molar-refractivity contribution in [3.63, 3.8) is 0 Å². The quantitative estimate of drug-likeness (QED) is 0.255. The largest absolute Gasteiger partial charge is 0.507 e. The Morgan fingerprint density at radius 1 is 1.34 bits per heavy atom. The predicted molar refractivity (Wildman–Crippen MR) is 113 cm³/mol. The van der Waals surface area contributed by atoms with Crippen LogP contribution in [0, 0.1) is 6.92 Å². The second kappa shape index (κ2) is 9.60. The van der Waals surface area contributed by atoms with Gasteiger partial charge >= 0.3 is 0 Å². The molecule has 0 spiro atoms. The van der Waals surface area contributed by atoms with Crippen molar-refractivity contribution in [3.8, 4) is 11.5 Å². The summed E-state index contributed by atoms with van der Waals surface area (Å²) in [4.78, 5) is 16.2. The Bertz CT molecular complexity index is 1020. The molecule has 4 N–H and O–H groups in total. The molecule has 0 radical (unpaired) electrons. The van der Waals surface area contributed by atoms with Gasteiger partial charge < -0.3 is 15.2 Å². The number of rotatable bonds is 8. The molecule has 0 bridgehead atoms. The summed E-state index contributed by atoms with van der Waals surface area (Å²) >= 11 is 1.20. The van der Waals surface area contributed by atoms with Gasteiger partial charge in [-0.25, -0.2) is 10.5 Å². The van der Waals surface area contributed by atoms with Crippen LogP contribution >= 0.6 is 11.8 Å². The Morgan fingerprint density at radius 2 is 2.21 bits per heavy atom. The number of hydrazone groups is 1. The second-order valence-corrected chi connectivity index (χ2v) is 6.91. The lowest BCUT2D eigenvalue weighted by Gasteiger charge is -2.04. The second-order valence-electron chi connectivity index (χ2n) is 5.97. The molecule has 10 heteroatoms. The molecule has 3 aromatic rings. The van der Waals surface area contributed by atoms with Crippen molar-refractivity contribution < 1.29 is 14.6 Å². The molecule has 1 amide bonds. The number of aryl methyl sites for hydroxylation is 1. The molecule has 0 aliphatic heterocycles. The molecule has 1 heterocycles.